The minimum atomic E-state index is -0.507. The number of ether oxygens (including phenoxy) is 2. The van der Waals surface area contributed by atoms with Gasteiger partial charge >= 0.3 is 6.09 Å². The van der Waals surface area contributed by atoms with Gasteiger partial charge in [0.1, 0.15) is 18.0 Å². The van der Waals surface area contributed by atoms with Crippen LogP contribution in [0.5, 0.6) is 0 Å². The average Bonchev–Trinajstić information content (AvgIpc) is 3.45. The van der Waals surface area contributed by atoms with Gasteiger partial charge in [-0.2, -0.15) is 0 Å². The Hall–Kier alpha value is -2.48. The van der Waals surface area contributed by atoms with Crippen molar-refractivity contribution in [2.45, 2.75) is 30.8 Å². The Morgan fingerprint density at radius 1 is 1.21 bits per heavy atom. The Labute approximate surface area is 170 Å². The first-order valence-corrected chi connectivity index (χ1v) is 10.7. The molecule has 29 heavy (non-hydrogen) atoms. The molecule has 2 aromatic carbocycles. The number of epoxide rings is 1. The van der Waals surface area contributed by atoms with Crippen LogP contribution in [0.1, 0.15) is 6.42 Å². The number of hydrogen-bond donors (Lipinski definition) is 2. The van der Waals surface area contributed by atoms with E-state index in [4.69, 9.17) is 9.47 Å². The Bertz CT molecular complexity index is 1120. The van der Waals surface area contributed by atoms with Crippen LogP contribution in [-0.2, 0) is 9.47 Å². The van der Waals surface area contributed by atoms with Crippen molar-refractivity contribution >= 4 is 33.2 Å². The maximum Gasteiger partial charge on any atom is 0.411 e. The molecule has 1 amide bonds. The average molecular weight is 410 g/mol. The summed E-state index contributed by atoms with van der Waals surface area (Å²) >= 11 is 1.60. The van der Waals surface area contributed by atoms with Gasteiger partial charge in [-0.1, -0.05) is 18.2 Å². The fourth-order valence-corrected chi connectivity index (χ4v) is 5.72. The highest BCUT2D eigenvalue weighted by molar-refractivity contribution is 7.17. The first-order valence-electron chi connectivity index (χ1n) is 9.80. The quantitative estimate of drug-likeness (QED) is 0.629. The van der Waals surface area contributed by atoms with Gasteiger partial charge in [-0.3, -0.25) is 5.32 Å². The molecular weight excluding hydrogens is 391 g/mol. The monoisotopic (exact) mass is 410 g/mol. The van der Waals surface area contributed by atoms with Crippen molar-refractivity contribution in [2.24, 2.45) is 5.92 Å². The van der Waals surface area contributed by atoms with Gasteiger partial charge in [0.05, 0.1) is 11.8 Å². The lowest BCUT2D eigenvalue weighted by molar-refractivity contribution is 0.0222. The van der Waals surface area contributed by atoms with Crippen LogP contribution in [0.2, 0.25) is 0 Å². The number of rotatable bonds is 3. The normalized spacial score (nSPS) is 29.5. The Morgan fingerprint density at radius 2 is 2.10 bits per heavy atom. The van der Waals surface area contributed by atoms with Crippen molar-refractivity contribution in [2.75, 3.05) is 11.9 Å². The van der Waals surface area contributed by atoms with Gasteiger partial charge in [0.15, 0.2) is 0 Å². The third-order valence-corrected chi connectivity index (χ3v) is 7.17. The summed E-state index contributed by atoms with van der Waals surface area (Å²) in [4.78, 5) is 12.7. The zero-order valence-corrected chi connectivity index (χ0v) is 16.2. The number of piperidine rings is 2. The van der Waals surface area contributed by atoms with Crippen LogP contribution < -0.4 is 10.6 Å². The number of nitrogens with one attached hydrogen (secondary N) is 2. The largest absolute Gasteiger partial charge is 0.445 e. The van der Waals surface area contributed by atoms with Crippen molar-refractivity contribution in [1.82, 2.24) is 5.32 Å². The van der Waals surface area contributed by atoms with Crippen LogP contribution >= 0.6 is 11.3 Å². The van der Waals surface area contributed by atoms with E-state index in [-0.39, 0.29) is 36.1 Å². The van der Waals surface area contributed by atoms with Gasteiger partial charge < -0.3 is 14.8 Å². The van der Waals surface area contributed by atoms with Gasteiger partial charge in [-0.15, -0.1) is 11.3 Å². The van der Waals surface area contributed by atoms with Crippen molar-refractivity contribution in [3.8, 4) is 11.1 Å². The number of anilines is 1. The fourth-order valence-electron chi connectivity index (χ4n) is 4.76. The number of benzene rings is 2. The molecule has 5 nitrogen and oxygen atoms in total. The maximum absolute atomic E-state index is 14.0. The minimum absolute atomic E-state index is 0.157. The number of hydrogen-bond acceptors (Lipinski definition) is 5. The molecule has 1 aliphatic carbocycles. The van der Waals surface area contributed by atoms with Gasteiger partial charge in [0.2, 0.25) is 0 Å². The molecule has 5 atom stereocenters. The molecule has 4 aliphatic rings. The van der Waals surface area contributed by atoms with Gasteiger partial charge in [-0.05, 0) is 29.6 Å². The molecule has 3 saturated heterocycles. The molecule has 0 spiro atoms. The van der Waals surface area contributed by atoms with E-state index in [1.807, 2.05) is 29.6 Å². The summed E-state index contributed by atoms with van der Waals surface area (Å²) in [6.07, 6.45) is 0.603. The van der Waals surface area contributed by atoms with E-state index in [0.717, 1.165) is 28.6 Å². The van der Waals surface area contributed by atoms with Crippen molar-refractivity contribution in [1.29, 1.82) is 0 Å². The highest BCUT2D eigenvalue weighted by atomic mass is 32.1. The highest BCUT2D eigenvalue weighted by Gasteiger charge is 2.60. The van der Waals surface area contributed by atoms with Crippen LogP contribution in [0.3, 0.4) is 0 Å². The summed E-state index contributed by atoms with van der Waals surface area (Å²) in [6, 6.07) is 12.6. The van der Waals surface area contributed by atoms with Crippen molar-refractivity contribution in [3.05, 3.63) is 53.7 Å². The first-order chi connectivity index (χ1) is 14.2. The summed E-state index contributed by atoms with van der Waals surface area (Å²) in [5.74, 6) is -0.147. The zero-order valence-electron chi connectivity index (χ0n) is 15.4. The zero-order chi connectivity index (χ0) is 19.5. The highest BCUT2D eigenvalue weighted by Crippen LogP contribution is 2.45. The van der Waals surface area contributed by atoms with E-state index < -0.39 is 6.09 Å². The lowest BCUT2D eigenvalue weighted by atomic mass is 9.79. The molecule has 148 valence electrons. The summed E-state index contributed by atoms with van der Waals surface area (Å²) < 4.78 is 26.6. The van der Waals surface area contributed by atoms with Crippen LogP contribution in [-0.4, -0.2) is 37.0 Å². The second-order valence-corrected chi connectivity index (χ2v) is 8.80. The molecule has 3 aromatic rings. The molecule has 1 saturated carbocycles. The van der Waals surface area contributed by atoms with Gasteiger partial charge in [0, 0.05) is 46.1 Å². The third kappa shape index (κ3) is 2.92. The standard InChI is InChI=1S/C22H19FN2O3S/c23-11-5-6-16(13(7-11)15-10-29-19-4-2-1-3-12(15)19)25-22(26)27-18-8-17-21-20(28-21)14(18)9-24-17/h1-7,10,14,17-18,20-21,24H,8-9H2,(H,25,26)/t14-,17-,18-,20+,21-/m1/s1. The third-order valence-electron chi connectivity index (χ3n) is 6.21. The number of halogens is 1. The molecule has 1 aromatic heterocycles. The molecular formula is C22H19FN2O3S. The van der Waals surface area contributed by atoms with Crippen LogP contribution in [0.25, 0.3) is 21.2 Å². The van der Waals surface area contributed by atoms with E-state index in [1.165, 1.54) is 12.1 Å². The van der Waals surface area contributed by atoms with Crippen LogP contribution in [0.4, 0.5) is 14.9 Å². The number of fused-ring (bicyclic) bond motifs is 3. The van der Waals surface area contributed by atoms with Crippen LogP contribution in [0.15, 0.2) is 47.8 Å². The predicted molar refractivity (Wildman–Crippen MR) is 110 cm³/mol. The Balaban J connectivity index is 1.26. The van der Waals surface area contributed by atoms with E-state index in [2.05, 4.69) is 10.6 Å². The van der Waals surface area contributed by atoms with E-state index in [0.29, 0.717) is 11.3 Å². The summed E-state index contributed by atoms with van der Waals surface area (Å²) in [6.45, 7) is 0.812. The minimum Gasteiger partial charge on any atom is -0.445 e. The topological polar surface area (TPSA) is 62.9 Å². The summed E-state index contributed by atoms with van der Waals surface area (Å²) in [7, 11) is 0. The van der Waals surface area contributed by atoms with Gasteiger partial charge in [-0.25, -0.2) is 9.18 Å². The predicted octanol–water partition coefficient (Wildman–Crippen LogP) is 4.38. The van der Waals surface area contributed by atoms with Gasteiger partial charge in [0.25, 0.3) is 0 Å². The molecule has 4 heterocycles. The molecule has 3 aliphatic heterocycles. The molecule has 0 radical (unpaired) electrons. The molecule has 7 heteroatoms. The first kappa shape index (κ1) is 17.4. The molecule has 2 N–H and O–H groups in total. The van der Waals surface area contributed by atoms with Crippen molar-refractivity contribution in [3.63, 3.8) is 0 Å². The SMILES string of the molecule is O=C(Nc1ccc(F)cc1-c1csc2ccccc12)O[C@@H]1C[C@H]2NC[C@H]1[C@@H]1O[C@@H]12. The van der Waals surface area contributed by atoms with E-state index in [1.54, 1.807) is 17.4 Å². The number of amides is 1. The molecule has 7 rings (SSSR count). The molecule has 0 unspecified atom stereocenters. The van der Waals surface area contributed by atoms with E-state index >= 15 is 0 Å². The molecule has 2 bridgehead atoms. The Kier molecular flexibility index (Phi) is 3.91. The summed E-state index contributed by atoms with van der Waals surface area (Å²) in [5, 5.41) is 9.30. The summed E-state index contributed by atoms with van der Waals surface area (Å²) in [5.41, 5.74) is 2.09. The Morgan fingerprint density at radius 3 is 3.00 bits per heavy atom. The number of thiophene rings is 1. The van der Waals surface area contributed by atoms with Crippen LogP contribution in [0, 0.1) is 11.7 Å². The molecule has 4 fully saturated rings. The lowest BCUT2D eigenvalue weighted by Gasteiger charge is -2.39. The second-order valence-electron chi connectivity index (χ2n) is 7.88. The smallest absolute Gasteiger partial charge is 0.411 e. The number of carbonyl (C=O) groups excluding carboxylic acids is 1. The van der Waals surface area contributed by atoms with Crippen molar-refractivity contribution < 1.29 is 18.7 Å². The van der Waals surface area contributed by atoms with E-state index in [9.17, 15) is 9.18 Å². The second kappa shape index (κ2) is 6.52. The fraction of sp³-hybridized carbons (Fsp3) is 0.318. The number of carbonyl (C=O) groups is 1. The maximum atomic E-state index is 14.0. The lowest BCUT2D eigenvalue weighted by Crippen LogP contribution is -2.57.